The van der Waals surface area contributed by atoms with Crippen molar-refractivity contribution in [1.82, 2.24) is 5.32 Å². The highest BCUT2D eigenvalue weighted by Crippen LogP contribution is 2.28. The zero-order valence-electron chi connectivity index (χ0n) is 13.3. The van der Waals surface area contributed by atoms with E-state index in [9.17, 15) is 19.8 Å². The van der Waals surface area contributed by atoms with Gasteiger partial charge in [0.25, 0.3) is 0 Å². The number of hydrogen-bond donors (Lipinski definition) is 4. The standard InChI is InChI=1S/C17H19NO6S/c19-13(14(20)15-12(16(21)22)7-9-25-15)6-8-18-17(23)24-10-11-4-2-1-3-5-11/h1-5,7,9,13-14,19-20H,6,8,10H2,(H,18,23)(H,21,22). The van der Waals surface area contributed by atoms with E-state index >= 15 is 0 Å². The predicted molar refractivity (Wildman–Crippen MR) is 91.5 cm³/mol. The van der Waals surface area contributed by atoms with Crippen molar-refractivity contribution in [3.63, 3.8) is 0 Å². The van der Waals surface area contributed by atoms with Crippen LogP contribution in [0.1, 0.15) is 33.3 Å². The molecule has 7 nitrogen and oxygen atoms in total. The number of benzene rings is 1. The Bertz CT molecular complexity index is 702. The Kier molecular flexibility index (Phi) is 6.93. The Balaban J connectivity index is 1.74. The number of carboxylic acid groups (broad SMARTS) is 1. The van der Waals surface area contributed by atoms with Gasteiger partial charge in [-0.25, -0.2) is 9.59 Å². The van der Waals surface area contributed by atoms with Gasteiger partial charge in [-0.2, -0.15) is 0 Å². The summed E-state index contributed by atoms with van der Waals surface area (Å²) in [5.41, 5.74) is 0.818. The largest absolute Gasteiger partial charge is 0.478 e. The molecule has 0 aliphatic rings. The minimum Gasteiger partial charge on any atom is -0.478 e. The molecular weight excluding hydrogens is 346 g/mol. The van der Waals surface area contributed by atoms with Crippen molar-refractivity contribution in [1.29, 1.82) is 0 Å². The van der Waals surface area contributed by atoms with E-state index in [0.29, 0.717) is 0 Å². The number of carbonyl (C=O) groups is 2. The van der Waals surface area contributed by atoms with E-state index in [0.717, 1.165) is 16.9 Å². The highest BCUT2D eigenvalue weighted by Gasteiger charge is 2.24. The fourth-order valence-electron chi connectivity index (χ4n) is 2.16. The van der Waals surface area contributed by atoms with Crippen molar-refractivity contribution in [2.75, 3.05) is 6.54 Å². The molecule has 2 atom stereocenters. The molecule has 2 aromatic rings. The second-order valence-corrected chi connectivity index (χ2v) is 6.24. The van der Waals surface area contributed by atoms with Gasteiger partial charge in [-0.1, -0.05) is 30.3 Å². The maximum absolute atomic E-state index is 11.6. The van der Waals surface area contributed by atoms with Gasteiger partial charge in [0.2, 0.25) is 0 Å². The smallest absolute Gasteiger partial charge is 0.407 e. The molecule has 0 aliphatic heterocycles. The molecule has 25 heavy (non-hydrogen) atoms. The van der Waals surface area contributed by atoms with Gasteiger partial charge in [0.05, 0.1) is 16.5 Å². The molecule has 0 radical (unpaired) electrons. The van der Waals surface area contributed by atoms with Gasteiger partial charge in [-0.05, 0) is 23.4 Å². The van der Waals surface area contributed by atoms with E-state index in [4.69, 9.17) is 9.84 Å². The van der Waals surface area contributed by atoms with E-state index in [-0.39, 0.29) is 30.0 Å². The van der Waals surface area contributed by atoms with E-state index < -0.39 is 24.3 Å². The molecule has 0 aliphatic carbocycles. The molecule has 1 aromatic heterocycles. The number of aliphatic hydroxyl groups is 2. The average molecular weight is 365 g/mol. The molecule has 0 saturated heterocycles. The number of carbonyl (C=O) groups excluding carboxylic acids is 1. The Labute approximate surface area is 148 Å². The van der Waals surface area contributed by atoms with Crippen LogP contribution in [0.2, 0.25) is 0 Å². The quantitative estimate of drug-likeness (QED) is 0.570. The van der Waals surface area contributed by atoms with E-state index in [1.165, 1.54) is 11.4 Å². The van der Waals surface area contributed by atoms with Crippen molar-refractivity contribution >= 4 is 23.4 Å². The molecular formula is C17H19NO6S. The van der Waals surface area contributed by atoms with Crippen LogP contribution in [0, 0.1) is 0 Å². The van der Waals surface area contributed by atoms with Gasteiger partial charge >= 0.3 is 12.1 Å². The Morgan fingerprint density at radius 1 is 1.16 bits per heavy atom. The third kappa shape index (κ3) is 5.56. The number of aromatic carboxylic acids is 1. The fourth-order valence-corrected chi connectivity index (χ4v) is 3.09. The molecule has 0 saturated carbocycles. The van der Waals surface area contributed by atoms with Crippen LogP contribution in [0.5, 0.6) is 0 Å². The van der Waals surface area contributed by atoms with Crippen LogP contribution in [-0.2, 0) is 11.3 Å². The summed E-state index contributed by atoms with van der Waals surface area (Å²) in [4.78, 5) is 22.8. The van der Waals surface area contributed by atoms with Crippen molar-refractivity contribution in [3.05, 3.63) is 57.8 Å². The van der Waals surface area contributed by atoms with Crippen LogP contribution in [0.25, 0.3) is 0 Å². The maximum Gasteiger partial charge on any atom is 0.407 e. The number of hydrogen-bond acceptors (Lipinski definition) is 6. The van der Waals surface area contributed by atoms with Crippen molar-refractivity contribution in [2.45, 2.75) is 25.2 Å². The number of ether oxygens (including phenoxy) is 1. The minimum atomic E-state index is -1.33. The van der Waals surface area contributed by atoms with Gasteiger partial charge in [-0.15, -0.1) is 11.3 Å². The predicted octanol–water partition coefficient (Wildman–Crippen LogP) is 2.16. The molecule has 2 rings (SSSR count). The van der Waals surface area contributed by atoms with E-state index in [1.54, 1.807) is 0 Å². The summed E-state index contributed by atoms with van der Waals surface area (Å²) in [5.74, 6) is -1.16. The molecule has 1 amide bonds. The molecule has 4 N–H and O–H groups in total. The molecule has 0 spiro atoms. The summed E-state index contributed by atoms with van der Waals surface area (Å²) in [6, 6.07) is 10.6. The first-order valence-corrected chi connectivity index (χ1v) is 8.48. The fraction of sp³-hybridized carbons (Fsp3) is 0.294. The summed E-state index contributed by atoms with van der Waals surface area (Å²) in [5, 5.41) is 33.1. The first-order valence-electron chi connectivity index (χ1n) is 7.60. The number of alkyl carbamates (subject to hydrolysis) is 1. The van der Waals surface area contributed by atoms with Gasteiger partial charge in [-0.3, -0.25) is 0 Å². The lowest BCUT2D eigenvalue weighted by atomic mass is 10.1. The summed E-state index contributed by atoms with van der Waals surface area (Å²) in [6.07, 6.45) is -3.11. The molecule has 1 heterocycles. The van der Waals surface area contributed by atoms with Crippen LogP contribution >= 0.6 is 11.3 Å². The lowest BCUT2D eigenvalue weighted by Gasteiger charge is -2.17. The number of nitrogens with one attached hydrogen (secondary N) is 1. The van der Waals surface area contributed by atoms with Crippen LogP contribution in [0.4, 0.5) is 4.79 Å². The summed E-state index contributed by atoms with van der Waals surface area (Å²) >= 11 is 1.06. The third-order valence-electron chi connectivity index (χ3n) is 3.48. The minimum absolute atomic E-state index is 0.0354. The topological polar surface area (TPSA) is 116 Å². The van der Waals surface area contributed by atoms with E-state index in [1.807, 2.05) is 30.3 Å². The van der Waals surface area contributed by atoms with Gasteiger partial charge < -0.3 is 25.4 Å². The first-order chi connectivity index (χ1) is 12.0. The van der Waals surface area contributed by atoms with Crippen LogP contribution < -0.4 is 5.32 Å². The SMILES string of the molecule is O=C(NCCC(O)C(O)c1sccc1C(=O)O)OCc1ccccc1. The number of carboxylic acids is 1. The zero-order valence-corrected chi connectivity index (χ0v) is 14.1. The van der Waals surface area contributed by atoms with E-state index in [2.05, 4.69) is 5.32 Å². The maximum atomic E-state index is 11.6. The summed E-state index contributed by atoms with van der Waals surface area (Å²) < 4.78 is 5.02. The Hall–Kier alpha value is -2.42. The molecule has 8 heteroatoms. The average Bonchev–Trinajstić information content (AvgIpc) is 3.10. The third-order valence-corrected chi connectivity index (χ3v) is 4.47. The summed E-state index contributed by atoms with van der Waals surface area (Å²) in [7, 11) is 0. The Morgan fingerprint density at radius 3 is 2.56 bits per heavy atom. The molecule has 0 fully saturated rings. The van der Waals surface area contributed by atoms with Gasteiger partial charge in [0.15, 0.2) is 0 Å². The second-order valence-electron chi connectivity index (χ2n) is 5.29. The Morgan fingerprint density at radius 2 is 1.88 bits per heavy atom. The number of amides is 1. The first kappa shape index (κ1) is 18.9. The number of aliphatic hydroxyl groups excluding tert-OH is 2. The van der Waals surface area contributed by atoms with Gasteiger partial charge in [0, 0.05) is 6.54 Å². The molecule has 1 aromatic carbocycles. The molecule has 0 bridgehead atoms. The monoisotopic (exact) mass is 365 g/mol. The number of thiophene rings is 1. The lowest BCUT2D eigenvalue weighted by Crippen LogP contribution is -2.30. The van der Waals surface area contributed by atoms with Crippen LogP contribution in [-0.4, -0.2) is 40.0 Å². The highest BCUT2D eigenvalue weighted by molar-refractivity contribution is 7.10. The van der Waals surface area contributed by atoms with Crippen molar-refractivity contribution < 1.29 is 29.6 Å². The van der Waals surface area contributed by atoms with Crippen LogP contribution in [0.15, 0.2) is 41.8 Å². The van der Waals surface area contributed by atoms with Gasteiger partial charge in [0.1, 0.15) is 12.7 Å². The molecule has 134 valence electrons. The second kappa shape index (κ2) is 9.16. The van der Waals surface area contributed by atoms with Crippen molar-refractivity contribution in [2.24, 2.45) is 0 Å². The van der Waals surface area contributed by atoms with Crippen LogP contribution in [0.3, 0.4) is 0 Å². The highest BCUT2D eigenvalue weighted by atomic mass is 32.1. The normalized spacial score (nSPS) is 13.0. The summed E-state index contributed by atoms with van der Waals surface area (Å²) in [6.45, 7) is 0.217. The zero-order chi connectivity index (χ0) is 18.2. The molecule has 2 unspecified atom stereocenters. The van der Waals surface area contributed by atoms with Crippen molar-refractivity contribution in [3.8, 4) is 0 Å². The lowest BCUT2D eigenvalue weighted by molar-refractivity contribution is 0.0149. The number of rotatable bonds is 8.